The van der Waals surface area contributed by atoms with Crippen molar-refractivity contribution in [2.75, 3.05) is 13.2 Å². The number of rotatable bonds is 0. The molecule has 2 aromatic rings. The number of hydrogen-bond donors (Lipinski definition) is 0. The third-order valence-electron chi connectivity index (χ3n) is 4.12. The van der Waals surface area contributed by atoms with Gasteiger partial charge in [0.05, 0.1) is 6.61 Å². The first-order valence-electron chi connectivity index (χ1n) is 6.04. The molecule has 4 rings (SSSR count). The normalized spacial score (nSPS) is 27.0. The average molecular weight is 210 g/mol. The molecule has 16 heavy (non-hydrogen) atoms. The van der Waals surface area contributed by atoms with Crippen molar-refractivity contribution in [1.82, 2.24) is 0 Å². The van der Waals surface area contributed by atoms with Crippen molar-refractivity contribution in [2.45, 2.75) is 18.3 Å². The Labute approximate surface area is 95.0 Å². The number of fused-ring (bicyclic) bond motifs is 3. The Hall–Kier alpha value is -1.34. The van der Waals surface area contributed by atoms with Crippen molar-refractivity contribution >= 4 is 10.8 Å². The largest absolute Gasteiger partial charge is 0.381 e. The van der Waals surface area contributed by atoms with E-state index in [9.17, 15) is 0 Å². The van der Waals surface area contributed by atoms with Crippen LogP contribution in [0.15, 0.2) is 36.4 Å². The molecule has 0 spiro atoms. The maximum absolute atomic E-state index is 5.65. The molecule has 1 heteroatoms. The molecule has 2 aromatic carbocycles. The standard InChI is InChI=1S/C15H14O/c1-3-10-4-2-6-13-14-9-16-8-7-11(14)12(5-1)15(10)13/h1-6,11,14H,7-9H2. The van der Waals surface area contributed by atoms with E-state index in [1.165, 1.54) is 22.8 Å². The number of hydrogen-bond acceptors (Lipinski definition) is 1. The molecule has 0 N–H and O–H groups in total. The molecule has 0 amide bonds. The van der Waals surface area contributed by atoms with Crippen LogP contribution in [0, 0.1) is 0 Å². The molecule has 0 bridgehead atoms. The highest BCUT2D eigenvalue weighted by molar-refractivity contribution is 5.92. The summed E-state index contributed by atoms with van der Waals surface area (Å²) in [6.07, 6.45) is 1.18. The van der Waals surface area contributed by atoms with Crippen LogP contribution in [0.3, 0.4) is 0 Å². The van der Waals surface area contributed by atoms with Gasteiger partial charge in [-0.2, -0.15) is 0 Å². The fourth-order valence-corrected chi connectivity index (χ4v) is 3.43. The minimum Gasteiger partial charge on any atom is -0.381 e. The van der Waals surface area contributed by atoms with Crippen molar-refractivity contribution in [2.24, 2.45) is 0 Å². The van der Waals surface area contributed by atoms with Crippen LogP contribution in [0.2, 0.25) is 0 Å². The first-order chi connectivity index (χ1) is 7.95. The molecule has 80 valence electrons. The zero-order valence-electron chi connectivity index (χ0n) is 9.15. The van der Waals surface area contributed by atoms with Crippen LogP contribution in [0.4, 0.5) is 0 Å². The molecular weight excluding hydrogens is 196 g/mol. The third kappa shape index (κ3) is 0.992. The highest BCUT2D eigenvalue weighted by atomic mass is 16.5. The zero-order valence-corrected chi connectivity index (χ0v) is 9.15. The van der Waals surface area contributed by atoms with Gasteiger partial charge in [-0.15, -0.1) is 0 Å². The Morgan fingerprint density at radius 3 is 2.50 bits per heavy atom. The molecule has 0 aromatic heterocycles. The fraction of sp³-hybridized carbons (Fsp3) is 0.333. The number of ether oxygens (including phenoxy) is 1. The highest BCUT2D eigenvalue weighted by Gasteiger charge is 2.36. The van der Waals surface area contributed by atoms with E-state index < -0.39 is 0 Å². The lowest BCUT2D eigenvalue weighted by atomic mass is 9.86. The minimum atomic E-state index is 0.606. The van der Waals surface area contributed by atoms with Gasteiger partial charge in [-0.3, -0.25) is 0 Å². The maximum Gasteiger partial charge on any atom is 0.0540 e. The van der Waals surface area contributed by atoms with Gasteiger partial charge in [-0.1, -0.05) is 36.4 Å². The summed E-state index contributed by atoms with van der Waals surface area (Å²) in [5.41, 5.74) is 3.07. The predicted molar refractivity (Wildman–Crippen MR) is 64.9 cm³/mol. The predicted octanol–water partition coefficient (Wildman–Crippen LogP) is 3.44. The van der Waals surface area contributed by atoms with E-state index in [0.717, 1.165) is 13.2 Å². The Kier molecular flexibility index (Phi) is 1.69. The second-order valence-corrected chi connectivity index (χ2v) is 4.87. The molecule has 1 heterocycles. The first kappa shape index (κ1) is 8.77. The van der Waals surface area contributed by atoms with Gasteiger partial charge in [-0.05, 0) is 34.2 Å². The molecule has 2 atom stereocenters. The lowest BCUT2D eigenvalue weighted by Gasteiger charge is -2.26. The zero-order chi connectivity index (χ0) is 10.5. The van der Waals surface area contributed by atoms with Gasteiger partial charge in [0.2, 0.25) is 0 Å². The minimum absolute atomic E-state index is 0.606. The van der Waals surface area contributed by atoms with Crippen molar-refractivity contribution in [3.63, 3.8) is 0 Å². The lowest BCUT2D eigenvalue weighted by Crippen LogP contribution is -2.20. The molecule has 1 aliphatic heterocycles. The van der Waals surface area contributed by atoms with E-state index in [-0.39, 0.29) is 0 Å². The van der Waals surface area contributed by atoms with E-state index in [2.05, 4.69) is 36.4 Å². The quantitative estimate of drug-likeness (QED) is 0.647. The van der Waals surface area contributed by atoms with E-state index in [1.54, 1.807) is 5.56 Å². The molecule has 1 saturated heterocycles. The van der Waals surface area contributed by atoms with Gasteiger partial charge in [0.15, 0.2) is 0 Å². The van der Waals surface area contributed by atoms with Gasteiger partial charge in [0.1, 0.15) is 0 Å². The van der Waals surface area contributed by atoms with E-state index >= 15 is 0 Å². The third-order valence-corrected chi connectivity index (χ3v) is 4.12. The second kappa shape index (κ2) is 3.08. The van der Waals surface area contributed by atoms with Crippen LogP contribution in [-0.4, -0.2) is 13.2 Å². The lowest BCUT2D eigenvalue weighted by molar-refractivity contribution is 0.0706. The molecule has 2 unspecified atom stereocenters. The second-order valence-electron chi connectivity index (χ2n) is 4.87. The Balaban J connectivity index is 2.07. The summed E-state index contributed by atoms with van der Waals surface area (Å²) in [7, 11) is 0. The van der Waals surface area contributed by atoms with E-state index in [0.29, 0.717) is 11.8 Å². The summed E-state index contributed by atoms with van der Waals surface area (Å²) < 4.78 is 5.65. The first-order valence-corrected chi connectivity index (χ1v) is 6.04. The molecule has 1 fully saturated rings. The summed E-state index contributed by atoms with van der Waals surface area (Å²) in [4.78, 5) is 0. The van der Waals surface area contributed by atoms with Gasteiger partial charge >= 0.3 is 0 Å². The maximum atomic E-state index is 5.65. The monoisotopic (exact) mass is 210 g/mol. The molecule has 0 radical (unpaired) electrons. The summed E-state index contributed by atoms with van der Waals surface area (Å²) in [5, 5.41) is 2.90. The Morgan fingerprint density at radius 1 is 0.938 bits per heavy atom. The summed E-state index contributed by atoms with van der Waals surface area (Å²) in [5.74, 6) is 1.31. The van der Waals surface area contributed by atoms with Crippen LogP contribution in [0.5, 0.6) is 0 Å². The van der Waals surface area contributed by atoms with Crippen LogP contribution in [0.1, 0.15) is 29.4 Å². The smallest absolute Gasteiger partial charge is 0.0540 e. The SMILES string of the molecule is c1cc2c3c(cccc3c1)C1COCCC21. The summed E-state index contributed by atoms with van der Waals surface area (Å²) in [6, 6.07) is 13.4. The van der Waals surface area contributed by atoms with Gasteiger partial charge in [0.25, 0.3) is 0 Å². The van der Waals surface area contributed by atoms with Crippen molar-refractivity contribution < 1.29 is 4.74 Å². The Morgan fingerprint density at radius 2 is 1.69 bits per heavy atom. The number of benzene rings is 2. The van der Waals surface area contributed by atoms with Crippen molar-refractivity contribution in [3.8, 4) is 0 Å². The van der Waals surface area contributed by atoms with Crippen LogP contribution in [0.25, 0.3) is 10.8 Å². The summed E-state index contributed by atoms with van der Waals surface area (Å²) in [6.45, 7) is 1.82. The van der Waals surface area contributed by atoms with Crippen LogP contribution < -0.4 is 0 Å². The van der Waals surface area contributed by atoms with E-state index in [4.69, 9.17) is 4.74 Å². The van der Waals surface area contributed by atoms with Gasteiger partial charge in [0, 0.05) is 12.5 Å². The van der Waals surface area contributed by atoms with Gasteiger partial charge in [-0.25, -0.2) is 0 Å². The molecule has 1 aliphatic carbocycles. The highest BCUT2D eigenvalue weighted by Crippen LogP contribution is 2.49. The topological polar surface area (TPSA) is 9.23 Å². The van der Waals surface area contributed by atoms with Crippen molar-refractivity contribution in [1.29, 1.82) is 0 Å². The van der Waals surface area contributed by atoms with Crippen LogP contribution in [-0.2, 0) is 4.74 Å². The summed E-state index contributed by atoms with van der Waals surface area (Å²) >= 11 is 0. The van der Waals surface area contributed by atoms with Gasteiger partial charge < -0.3 is 4.74 Å². The fourth-order valence-electron chi connectivity index (χ4n) is 3.43. The Bertz CT molecular complexity index is 512. The molecule has 0 saturated carbocycles. The average Bonchev–Trinajstić information content (AvgIpc) is 2.68. The van der Waals surface area contributed by atoms with E-state index in [1.807, 2.05) is 0 Å². The van der Waals surface area contributed by atoms with Crippen molar-refractivity contribution in [3.05, 3.63) is 47.5 Å². The molecule has 1 nitrogen and oxygen atoms in total. The van der Waals surface area contributed by atoms with Crippen LogP contribution >= 0.6 is 0 Å². The molecule has 2 aliphatic rings. The molecular formula is C15H14O.